The lowest BCUT2D eigenvalue weighted by Gasteiger charge is -2.64. The van der Waals surface area contributed by atoms with E-state index in [1.807, 2.05) is 0 Å². The average Bonchev–Trinajstić information content (AvgIpc) is 3.06. The molecule has 188 valence electrons. The molecule has 0 bridgehead atoms. The van der Waals surface area contributed by atoms with Crippen molar-refractivity contribution in [3.05, 3.63) is 0 Å². The summed E-state index contributed by atoms with van der Waals surface area (Å²) in [5, 5.41) is 22.1. The Kier molecular flexibility index (Phi) is 7.06. The molecule has 0 aromatic carbocycles. The highest BCUT2D eigenvalue weighted by Crippen LogP contribution is 2.69. The maximum Gasteiger partial charge on any atom is 0.0605 e. The summed E-state index contributed by atoms with van der Waals surface area (Å²) in [6, 6.07) is 0. The van der Waals surface area contributed by atoms with Gasteiger partial charge in [-0.3, -0.25) is 0 Å². The van der Waals surface area contributed by atoms with Gasteiger partial charge in [0.15, 0.2) is 0 Å². The van der Waals surface area contributed by atoms with Crippen LogP contribution in [0.25, 0.3) is 0 Å². The lowest BCUT2D eigenvalue weighted by molar-refractivity contribution is -0.203. The van der Waals surface area contributed by atoms with Gasteiger partial charge in [-0.15, -0.1) is 0 Å². The van der Waals surface area contributed by atoms with Gasteiger partial charge in [-0.25, -0.2) is 0 Å². The van der Waals surface area contributed by atoms with Crippen LogP contribution in [0.2, 0.25) is 0 Å². The van der Waals surface area contributed by atoms with Gasteiger partial charge >= 0.3 is 0 Å². The van der Waals surface area contributed by atoms with Crippen molar-refractivity contribution in [2.45, 2.75) is 97.7 Å². The van der Waals surface area contributed by atoms with Crippen LogP contribution >= 0.6 is 11.2 Å². The monoisotopic (exact) mass is 471 g/mol. The number of rotatable bonds is 6. The molecule has 2 N–H and O–H groups in total. The van der Waals surface area contributed by atoms with Crippen molar-refractivity contribution >= 4 is 11.2 Å². The van der Waals surface area contributed by atoms with Gasteiger partial charge in [0.1, 0.15) is 0 Å². The van der Waals surface area contributed by atoms with Gasteiger partial charge in [0, 0.05) is 0 Å². The zero-order valence-corrected chi connectivity index (χ0v) is 21.0. The first kappa shape index (κ1) is 25.2. The molecule has 0 heterocycles. The van der Waals surface area contributed by atoms with Crippen LogP contribution in [0.15, 0.2) is 0 Å². The number of hydrogen-bond donors (Lipinski definition) is 2. The summed E-state index contributed by atoms with van der Waals surface area (Å²) in [7, 11) is 0. The number of fused-ring (bicyclic) bond motifs is 5. The Bertz CT molecular complexity index is 669. The Morgan fingerprint density at radius 1 is 0.969 bits per heavy atom. The van der Waals surface area contributed by atoms with E-state index in [4.69, 9.17) is 0 Å². The summed E-state index contributed by atoms with van der Waals surface area (Å²) in [5.74, 6) is 2.69. The molecule has 32 heavy (non-hydrogen) atoms. The molecule has 6 nitrogen and oxygen atoms in total. The van der Waals surface area contributed by atoms with Crippen LogP contribution < -0.4 is 0 Å². The highest BCUT2D eigenvalue weighted by molar-refractivity contribution is 8.14. The predicted molar refractivity (Wildman–Crippen MR) is 121 cm³/mol. The number of aliphatic hydroxyl groups excluding tert-OH is 2. The second-order valence-corrected chi connectivity index (χ2v) is 13.2. The summed E-state index contributed by atoms with van der Waals surface area (Å²) in [4.78, 5) is 0. The standard InChI is InChI=1S/C25H46O6S/c1-5-17-21-14-16(26)8-11-25(21,4)20-9-12-24(3)18(6-7-19(24)22(20)23(17)27)15(2)10-13-31-32(28,29)30/h15-23,26-30H,5-14H2,1-4H3/p-3/t15-,16-,17-,18?,19?,20?,21+,22?,23-,24-,25-/m1/s1. The molecule has 7 heteroatoms. The molecule has 11 atom stereocenters. The minimum Gasteiger partial charge on any atom is -0.815 e. The summed E-state index contributed by atoms with van der Waals surface area (Å²) >= 11 is -4.64. The van der Waals surface area contributed by atoms with E-state index in [2.05, 4.69) is 31.9 Å². The zero-order valence-electron chi connectivity index (χ0n) is 20.2. The molecular formula is C25H43O6S-3. The molecule has 0 aliphatic heterocycles. The maximum atomic E-state index is 11.7. The number of hydrogen-bond acceptors (Lipinski definition) is 6. The van der Waals surface area contributed by atoms with Crippen molar-refractivity contribution in [1.82, 2.24) is 0 Å². The lowest BCUT2D eigenvalue weighted by Crippen LogP contribution is -2.62. The Morgan fingerprint density at radius 2 is 1.62 bits per heavy atom. The van der Waals surface area contributed by atoms with E-state index in [0.29, 0.717) is 36.0 Å². The molecule has 4 aliphatic carbocycles. The van der Waals surface area contributed by atoms with E-state index in [-0.39, 0.29) is 41.5 Å². The van der Waals surface area contributed by atoms with E-state index >= 15 is 0 Å². The van der Waals surface area contributed by atoms with Crippen LogP contribution in [0.3, 0.4) is 0 Å². The minimum absolute atomic E-state index is 0.0427. The molecule has 4 aliphatic rings. The zero-order chi connectivity index (χ0) is 23.5. The predicted octanol–water partition coefficient (Wildman–Crippen LogP) is 4.77. The molecule has 0 aromatic heterocycles. The maximum absolute atomic E-state index is 11.7. The molecule has 4 unspecified atom stereocenters. The molecule has 0 aromatic rings. The van der Waals surface area contributed by atoms with Gasteiger partial charge in [-0.1, -0.05) is 34.1 Å². The molecule has 0 saturated heterocycles. The molecule has 4 rings (SSSR count). The SMILES string of the molecule is CC[C@H]1[C@@H](O)C2C3CCC([C@H](C)CCOS([O-])([O-])[O-])[C@@]3(C)CCC2[C@@]2(C)CC[C@@H](O)C[C@@H]12. The van der Waals surface area contributed by atoms with E-state index in [1.165, 1.54) is 0 Å². The van der Waals surface area contributed by atoms with E-state index in [1.54, 1.807) is 0 Å². The fourth-order valence-corrected chi connectivity index (χ4v) is 9.77. The number of aliphatic hydroxyl groups is 2. The third kappa shape index (κ3) is 4.18. The molecule has 0 amide bonds. The van der Waals surface area contributed by atoms with Crippen LogP contribution in [-0.4, -0.2) is 42.7 Å². The molecule has 0 spiro atoms. The van der Waals surface area contributed by atoms with Gasteiger partial charge in [0.2, 0.25) is 0 Å². The Labute approximate surface area is 195 Å². The van der Waals surface area contributed by atoms with Crippen molar-refractivity contribution in [3.63, 3.8) is 0 Å². The second kappa shape index (κ2) is 8.96. The topological polar surface area (TPSA) is 119 Å². The van der Waals surface area contributed by atoms with Crippen molar-refractivity contribution in [1.29, 1.82) is 0 Å². The summed E-state index contributed by atoms with van der Waals surface area (Å²) in [6.45, 7) is 9.17. The summed E-state index contributed by atoms with van der Waals surface area (Å²) < 4.78 is 37.0. The fraction of sp³-hybridized carbons (Fsp3) is 1.00. The van der Waals surface area contributed by atoms with Crippen LogP contribution in [0.4, 0.5) is 0 Å². The highest BCUT2D eigenvalue weighted by atomic mass is 32.3. The van der Waals surface area contributed by atoms with Crippen molar-refractivity contribution in [2.24, 2.45) is 52.3 Å². The summed E-state index contributed by atoms with van der Waals surface area (Å²) in [5.41, 5.74) is 0.332. The third-order valence-electron chi connectivity index (χ3n) is 11.0. The van der Waals surface area contributed by atoms with Gasteiger partial charge in [-0.2, -0.15) is 0 Å². The molecular weight excluding hydrogens is 428 g/mol. The quantitative estimate of drug-likeness (QED) is 0.576. The van der Waals surface area contributed by atoms with E-state index in [9.17, 15) is 23.9 Å². The summed E-state index contributed by atoms with van der Waals surface area (Å²) in [6.07, 6.45) is 8.26. The van der Waals surface area contributed by atoms with Gasteiger partial charge in [-0.05, 0) is 104 Å². The largest absolute Gasteiger partial charge is 0.815 e. The Hall–Kier alpha value is 0.110. The van der Waals surface area contributed by atoms with Crippen LogP contribution in [-0.2, 0) is 4.18 Å². The highest BCUT2D eigenvalue weighted by Gasteiger charge is 2.64. The van der Waals surface area contributed by atoms with Crippen LogP contribution in [0, 0.1) is 52.3 Å². The van der Waals surface area contributed by atoms with E-state index < -0.39 is 11.2 Å². The molecule has 4 fully saturated rings. The Morgan fingerprint density at radius 3 is 2.28 bits per heavy atom. The smallest absolute Gasteiger partial charge is 0.0605 e. The molecule has 0 radical (unpaired) electrons. The lowest BCUT2D eigenvalue weighted by atomic mass is 9.41. The minimum atomic E-state index is -4.64. The first-order chi connectivity index (χ1) is 14.9. The molecule has 4 saturated carbocycles. The van der Waals surface area contributed by atoms with Crippen molar-refractivity contribution in [2.75, 3.05) is 6.61 Å². The van der Waals surface area contributed by atoms with Gasteiger partial charge in [0.05, 0.1) is 18.8 Å². The van der Waals surface area contributed by atoms with Crippen LogP contribution in [0.5, 0.6) is 0 Å². The Balaban J connectivity index is 1.55. The first-order valence-electron chi connectivity index (χ1n) is 12.9. The van der Waals surface area contributed by atoms with Crippen molar-refractivity contribution in [3.8, 4) is 0 Å². The van der Waals surface area contributed by atoms with Gasteiger partial charge in [0.25, 0.3) is 0 Å². The fourth-order valence-electron chi connectivity index (χ4n) is 9.47. The van der Waals surface area contributed by atoms with Gasteiger partial charge < -0.3 is 39.2 Å². The van der Waals surface area contributed by atoms with Crippen molar-refractivity contribution < 1.29 is 28.1 Å². The first-order valence-corrected chi connectivity index (χ1v) is 14.2. The third-order valence-corrected chi connectivity index (χ3v) is 11.4. The van der Waals surface area contributed by atoms with Crippen LogP contribution in [0.1, 0.15) is 85.5 Å². The van der Waals surface area contributed by atoms with E-state index in [0.717, 1.165) is 51.4 Å². The second-order valence-electron chi connectivity index (χ2n) is 12.1. The normalized spacial score (nSPS) is 50.3. The average molecular weight is 472 g/mol.